The number of ether oxygens (including phenoxy) is 1. The molecule has 0 aliphatic carbocycles. The number of carbonyl (C=O) groups is 1. The van der Waals surface area contributed by atoms with E-state index in [2.05, 4.69) is 0 Å². The van der Waals surface area contributed by atoms with Crippen LogP contribution in [0.5, 0.6) is 0 Å². The molecule has 1 heterocycles. The molecule has 0 N–H and O–H groups in total. The lowest BCUT2D eigenvalue weighted by Crippen LogP contribution is -2.44. The number of rotatable bonds is 5. The lowest BCUT2D eigenvalue weighted by Gasteiger charge is -2.31. The van der Waals surface area contributed by atoms with Gasteiger partial charge in [-0.15, -0.1) is 0 Å². The number of amides is 1. The zero-order valence-corrected chi connectivity index (χ0v) is 12.0. The topological polar surface area (TPSA) is 29.5 Å². The van der Waals surface area contributed by atoms with Crippen LogP contribution in [-0.4, -0.2) is 36.6 Å². The van der Waals surface area contributed by atoms with Gasteiger partial charge in [-0.05, 0) is 43.9 Å². The Balaban J connectivity index is 1.65. The predicted molar refractivity (Wildman–Crippen MR) is 75.9 cm³/mol. The van der Waals surface area contributed by atoms with E-state index < -0.39 is 0 Å². The van der Waals surface area contributed by atoms with Crippen LogP contribution in [0.3, 0.4) is 0 Å². The van der Waals surface area contributed by atoms with Crippen LogP contribution in [0.4, 0.5) is 4.39 Å². The van der Waals surface area contributed by atoms with Crippen LogP contribution in [0, 0.1) is 5.82 Å². The summed E-state index contributed by atoms with van der Waals surface area (Å²) in [5, 5.41) is 0. The van der Waals surface area contributed by atoms with Gasteiger partial charge in [-0.2, -0.15) is 0 Å². The first kappa shape index (κ1) is 15.0. The van der Waals surface area contributed by atoms with Gasteiger partial charge >= 0.3 is 0 Å². The molecule has 1 atom stereocenters. The van der Waals surface area contributed by atoms with E-state index in [0.29, 0.717) is 26.1 Å². The van der Waals surface area contributed by atoms with Crippen molar-refractivity contribution in [2.24, 2.45) is 0 Å². The molecule has 1 fully saturated rings. The molecular weight excluding hydrogens is 257 g/mol. The fourth-order valence-corrected chi connectivity index (χ4v) is 2.46. The normalized spacial score (nSPS) is 19.1. The third-order valence-corrected chi connectivity index (χ3v) is 3.61. The lowest BCUT2D eigenvalue weighted by molar-refractivity contribution is -0.138. The molecule has 110 valence electrons. The van der Waals surface area contributed by atoms with Crippen LogP contribution in [0.1, 0.15) is 31.7 Å². The Labute approximate surface area is 119 Å². The average molecular weight is 279 g/mol. The van der Waals surface area contributed by atoms with Gasteiger partial charge in [0.05, 0.1) is 12.7 Å². The SMILES string of the molecule is CC1CN(C(=O)CCCCc2ccc(F)cc2)CCO1. The summed E-state index contributed by atoms with van der Waals surface area (Å²) >= 11 is 0. The first-order chi connectivity index (χ1) is 9.65. The molecule has 3 nitrogen and oxygen atoms in total. The molecular formula is C16H22FNO2. The summed E-state index contributed by atoms with van der Waals surface area (Å²) < 4.78 is 18.2. The van der Waals surface area contributed by atoms with Gasteiger partial charge in [-0.3, -0.25) is 4.79 Å². The lowest BCUT2D eigenvalue weighted by atomic mass is 10.1. The zero-order valence-electron chi connectivity index (χ0n) is 12.0. The number of morpholine rings is 1. The molecule has 20 heavy (non-hydrogen) atoms. The van der Waals surface area contributed by atoms with Crippen LogP contribution >= 0.6 is 0 Å². The first-order valence-electron chi connectivity index (χ1n) is 7.29. The highest BCUT2D eigenvalue weighted by molar-refractivity contribution is 5.76. The maximum absolute atomic E-state index is 12.8. The van der Waals surface area contributed by atoms with Crippen molar-refractivity contribution in [1.82, 2.24) is 4.90 Å². The number of carbonyl (C=O) groups excluding carboxylic acids is 1. The molecule has 0 aromatic heterocycles. The predicted octanol–water partition coefficient (Wildman–Crippen LogP) is 2.79. The second kappa shape index (κ2) is 7.39. The molecule has 1 saturated heterocycles. The van der Waals surface area contributed by atoms with E-state index in [9.17, 15) is 9.18 Å². The average Bonchev–Trinajstić information content (AvgIpc) is 2.45. The molecule has 4 heteroatoms. The fraction of sp³-hybridized carbons (Fsp3) is 0.562. The maximum Gasteiger partial charge on any atom is 0.222 e. The zero-order chi connectivity index (χ0) is 14.4. The van der Waals surface area contributed by atoms with Crippen molar-refractivity contribution >= 4 is 5.91 Å². The van der Waals surface area contributed by atoms with Gasteiger partial charge in [0.2, 0.25) is 5.91 Å². The second-order valence-electron chi connectivity index (χ2n) is 5.35. The molecule has 1 aromatic carbocycles. The molecule has 1 amide bonds. The third kappa shape index (κ3) is 4.60. The smallest absolute Gasteiger partial charge is 0.222 e. The van der Waals surface area contributed by atoms with E-state index in [0.717, 1.165) is 24.8 Å². The van der Waals surface area contributed by atoms with Gasteiger partial charge < -0.3 is 9.64 Å². The van der Waals surface area contributed by atoms with Gasteiger partial charge in [0.15, 0.2) is 0 Å². The minimum Gasteiger partial charge on any atom is -0.375 e. The Hall–Kier alpha value is -1.42. The number of aryl methyl sites for hydroxylation is 1. The van der Waals surface area contributed by atoms with Crippen molar-refractivity contribution in [3.8, 4) is 0 Å². The van der Waals surface area contributed by atoms with E-state index in [1.165, 1.54) is 12.1 Å². The van der Waals surface area contributed by atoms with E-state index in [1.54, 1.807) is 12.1 Å². The number of halogens is 1. The number of nitrogens with zero attached hydrogens (tertiary/aromatic N) is 1. The largest absolute Gasteiger partial charge is 0.375 e. The van der Waals surface area contributed by atoms with Gasteiger partial charge in [0, 0.05) is 19.5 Å². The van der Waals surface area contributed by atoms with Crippen molar-refractivity contribution < 1.29 is 13.9 Å². The highest BCUT2D eigenvalue weighted by atomic mass is 19.1. The summed E-state index contributed by atoms with van der Waals surface area (Å²) in [6.45, 7) is 4.05. The van der Waals surface area contributed by atoms with Gasteiger partial charge in [0.25, 0.3) is 0 Å². The van der Waals surface area contributed by atoms with Crippen LogP contribution in [0.25, 0.3) is 0 Å². The molecule has 0 radical (unpaired) electrons. The molecule has 0 saturated carbocycles. The summed E-state index contributed by atoms with van der Waals surface area (Å²) in [5.41, 5.74) is 1.12. The Morgan fingerprint density at radius 1 is 1.35 bits per heavy atom. The van der Waals surface area contributed by atoms with Crippen molar-refractivity contribution in [3.05, 3.63) is 35.6 Å². The van der Waals surface area contributed by atoms with Crippen molar-refractivity contribution in [2.45, 2.75) is 38.7 Å². The van der Waals surface area contributed by atoms with E-state index in [1.807, 2.05) is 11.8 Å². The van der Waals surface area contributed by atoms with E-state index in [-0.39, 0.29) is 17.8 Å². The molecule has 0 bridgehead atoms. The van der Waals surface area contributed by atoms with E-state index >= 15 is 0 Å². The summed E-state index contributed by atoms with van der Waals surface area (Å²) in [6, 6.07) is 6.58. The van der Waals surface area contributed by atoms with E-state index in [4.69, 9.17) is 4.74 Å². The van der Waals surface area contributed by atoms with Gasteiger partial charge in [-0.1, -0.05) is 12.1 Å². The first-order valence-corrected chi connectivity index (χ1v) is 7.29. The van der Waals surface area contributed by atoms with Crippen LogP contribution < -0.4 is 0 Å². The monoisotopic (exact) mass is 279 g/mol. The Morgan fingerprint density at radius 3 is 2.80 bits per heavy atom. The third-order valence-electron chi connectivity index (χ3n) is 3.61. The minimum atomic E-state index is -0.203. The molecule has 2 rings (SSSR count). The molecule has 1 aromatic rings. The second-order valence-corrected chi connectivity index (χ2v) is 5.35. The standard InChI is InChI=1S/C16H22FNO2/c1-13-12-18(10-11-20-13)16(19)5-3-2-4-14-6-8-15(17)9-7-14/h6-9,13H,2-5,10-12H2,1H3. The molecule has 1 aliphatic rings. The Bertz CT molecular complexity index is 433. The number of hydrogen-bond donors (Lipinski definition) is 0. The van der Waals surface area contributed by atoms with Gasteiger partial charge in [0.1, 0.15) is 5.82 Å². The maximum atomic E-state index is 12.8. The summed E-state index contributed by atoms with van der Waals surface area (Å²) in [7, 11) is 0. The van der Waals surface area contributed by atoms with Crippen LogP contribution in [0.15, 0.2) is 24.3 Å². The Kier molecular flexibility index (Phi) is 5.53. The Morgan fingerprint density at radius 2 is 2.10 bits per heavy atom. The summed E-state index contributed by atoms with van der Waals surface area (Å²) in [4.78, 5) is 13.9. The highest BCUT2D eigenvalue weighted by Gasteiger charge is 2.20. The molecule has 1 unspecified atom stereocenters. The number of unbranched alkanes of at least 4 members (excludes halogenated alkanes) is 1. The summed E-state index contributed by atoms with van der Waals surface area (Å²) in [6.07, 6.45) is 3.46. The van der Waals surface area contributed by atoms with Gasteiger partial charge in [-0.25, -0.2) is 4.39 Å². The van der Waals surface area contributed by atoms with Crippen LogP contribution in [-0.2, 0) is 16.0 Å². The quantitative estimate of drug-likeness (QED) is 0.776. The summed E-state index contributed by atoms with van der Waals surface area (Å²) in [5.74, 6) is 0.0182. The number of hydrogen-bond acceptors (Lipinski definition) is 2. The number of benzene rings is 1. The van der Waals surface area contributed by atoms with Crippen molar-refractivity contribution in [3.63, 3.8) is 0 Å². The van der Waals surface area contributed by atoms with Crippen molar-refractivity contribution in [1.29, 1.82) is 0 Å². The van der Waals surface area contributed by atoms with Crippen LogP contribution in [0.2, 0.25) is 0 Å². The molecule has 0 spiro atoms. The minimum absolute atomic E-state index is 0.145. The molecule has 1 aliphatic heterocycles. The highest BCUT2D eigenvalue weighted by Crippen LogP contribution is 2.11. The fourth-order valence-electron chi connectivity index (χ4n) is 2.46. The van der Waals surface area contributed by atoms with Crippen molar-refractivity contribution in [2.75, 3.05) is 19.7 Å².